The standard InChI is InChI=1S/C11H15NO3S/c13-11-4-2-1-3-10(11)7-12-16(14,15)8-9-5-6-9/h1-4,9,12-13H,5-8H2. The first-order valence-corrected chi connectivity index (χ1v) is 6.96. The summed E-state index contributed by atoms with van der Waals surface area (Å²) in [6, 6.07) is 6.72. The zero-order chi connectivity index (χ0) is 11.6. The zero-order valence-corrected chi connectivity index (χ0v) is 9.70. The Morgan fingerprint density at radius 3 is 2.62 bits per heavy atom. The van der Waals surface area contributed by atoms with Crippen LogP contribution < -0.4 is 4.72 Å². The molecule has 0 amide bonds. The number of hydrogen-bond donors (Lipinski definition) is 2. The monoisotopic (exact) mass is 241 g/mol. The largest absolute Gasteiger partial charge is 0.508 e. The lowest BCUT2D eigenvalue weighted by molar-refractivity contribution is 0.467. The van der Waals surface area contributed by atoms with Gasteiger partial charge in [0.2, 0.25) is 10.0 Å². The molecule has 2 rings (SSSR count). The molecule has 1 aromatic rings. The predicted molar refractivity (Wildman–Crippen MR) is 61.5 cm³/mol. The lowest BCUT2D eigenvalue weighted by Crippen LogP contribution is -2.26. The first kappa shape index (κ1) is 11.4. The quantitative estimate of drug-likeness (QED) is 0.814. The number of benzene rings is 1. The van der Waals surface area contributed by atoms with E-state index in [4.69, 9.17) is 0 Å². The maximum Gasteiger partial charge on any atom is 0.212 e. The number of phenols is 1. The lowest BCUT2D eigenvalue weighted by atomic mass is 10.2. The maximum atomic E-state index is 11.6. The topological polar surface area (TPSA) is 66.4 Å². The highest BCUT2D eigenvalue weighted by molar-refractivity contribution is 7.89. The molecule has 1 fully saturated rings. The number of sulfonamides is 1. The highest BCUT2D eigenvalue weighted by atomic mass is 32.2. The van der Waals surface area contributed by atoms with Crippen molar-refractivity contribution in [3.05, 3.63) is 29.8 Å². The van der Waals surface area contributed by atoms with Crippen molar-refractivity contribution in [3.63, 3.8) is 0 Å². The smallest absolute Gasteiger partial charge is 0.212 e. The molecule has 1 aliphatic carbocycles. The Bertz CT molecular complexity index is 466. The van der Waals surface area contributed by atoms with E-state index in [0.29, 0.717) is 11.5 Å². The van der Waals surface area contributed by atoms with Crippen molar-refractivity contribution >= 4 is 10.0 Å². The number of nitrogens with one attached hydrogen (secondary N) is 1. The molecule has 0 spiro atoms. The fourth-order valence-corrected chi connectivity index (χ4v) is 2.95. The SMILES string of the molecule is O=S(=O)(CC1CC1)NCc1ccccc1O. The van der Waals surface area contributed by atoms with Crippen LogP contribution in [0.5, 0.6) is 5.75 Å². The van der Waals surface area contributed by atoms with Gasteiger partial charge in [-0.25, -0.2) is 13.1 Å². The van der Waals surface area contributed by atoms with Gasteiger partial charge in [-0.05, 0) is 24.8 Å². The Kier molecular flexibility index (Phi) is 3.16. The minimum atomic E-state index is -3.19. The molecule has 4 nitrogen and oxygen atoms in total. The number of rotatable bonds is 5. The van der Waals surface area contributed by atoms with Crippen LogP contribution in [0.2, 0.25) is 0 Å². The van der Waals surface area contributed by atoms with E-state index >= 15 is 0 Å². The Balaban J connectivity index is 1.93. The Labute approximate surface area is 95.4 Å². The summed E-state index contributed by atoms with van der Waals surface area (Å²) in [5, 5.41) is 9.47. The third kappa shape index (κ3) is 3.21. The van der Waals surface area contributed by atoms with Gasteiger partial charge in [0.25, 0.3) is 0 Å². The van der Waals surface area contributed by atoms with E-state index in [1.807, 2.05) is 0 Å². The summed E-state index contributed by atoms with van der Waals surface area (Å²) < 4.78 is 25.6. The minimum absolute atomic E-state index is 0.122. The maximum absolute atomic E-state index is 11.6. The second kappa shape index (κ2) is 4.43. The van der Waals surface area contributed by atoms with Gasteiger partial charge in [0.1, 0.15) is 5.75 Å². The third-order valence-electron chi connectivity index (χ3n) is 2.63. The lowest BCUT2D eigenvalue weighted by Gasteiger charge is -2.07. The highest BCUT2D eigenvalue weighted by Crippen LogP contribution is 2.30. The minimum Gasteiger partial charge on any atom is -0.508 e. The molecule has 0 radical (unpaired) electrons. The molecule has 0 saturated heterocycles. The van der Waals surface area contributed by atoms with Gasteiger partial charge >= 0.3 is 0 Å². The van der Waals surface area contributed by atoms with Crippen LogP contribution in [0.1, 0.15) is 18.4 Å². The van der Waals surface area contributed by atoms with Crippen LogP contribution in [0.15, 0.2) is 24.3 Å². The molecule has 1 saturated carbocycles. The molecular formula is C11H15NO3S. The average molecular weight is 241 g/mol. The summed E-state index contributed by atoms with van der Waals surface area (Å²) in [5.41, 5.74) is 0.599. The molecule has 1 aromatic carbocycles. The van der Waals surface area contributed by atoms with E-state index in [-0.39, 0.29) is 18.0 Å². The summed E-state index contributed by atoms with van der Waals surface area (Å²) in [7, 11) is -3.19. The van der Waals surface area contributed by atoms with E-state index in [9.17, 15) is 13.5 Å². The van der Waals surface area contributed by atoms with Gasteiger partial charge < -0.3 is 5.11 Å². The Morgan fingerprint density at radius 2 is 2.00 bits per heavy atom. The Hall–Kier alpha value is -1.07. The number of aromatic hydroxyl groups is 1. The molecule has 16 heavy (non-hydrogen) atoms. The van der Waals surface area contributed by atoms with E-state index in [1.165, 1.54) is 0 Å². The fraction of sp³-hybridized carbons (Fsp3) is 0.455. The van der Waals surface area contributed by atoms with Crippen LogP contribution in [0.3, 0.4) is 0 Å². The van der Waals surface area contributed by atoms with Crippen LogP contribution >= 0.6 is 0 Å². The normalized spacial score (nSPS) is 16.2. The second-order valence-corrected chi connectivity index (χ2v) is 6.03. The van der Waals surface area contributed by atoms with Gasteiger partial charge in [0.15, 0.2) is 0 Å². The van der Waals surface area contributed by atoms with Crippen molar-refractivity contribution in [2.75, 3.05) is 5.75 Å². The summed E-state index contributed by atoms with van der Waals surface area (Å²) in [4.78, 5) is 0. The molecule has 0 bridgehead atoms. The molecule has 2 N–H and O–H groups in total. The molecule has 5 heteroatoms. The molecule has 0 aromatic heterocycles. The van der Waals surface area contributed by atoms with Crippen LogP contribution in [0.25, 0.3) is 0 Å². The fourth-order valence-electron chi connectivity index (χ4n) is 1.50. The third-order valence-corrected chi connectivity index (χ3v) is 4.12. The highest BCUT2D eigenvalue weighted by Gasteiger charge is 2.27. The van der Waals surface area contributed by atoms with E-state index < -0.39 is 10.0 Å². The summed E-state index contributed by atoms with van der Waals surface area (Å²) in [6.07, 6.45) is 2.02. The van der Waals surface area contributed by atoms with Crippen molar-refractivity contribution in [2.24, 2.45) is 5.92 Å². The number of hydrogen-bond acceptors (Lipinski definition) is 3. The molecular weight excluding hydrogens is 226 g/mol. The van der Waals surface area contributed by atoms with Crippen molar-refractivity contribution < 1.29 is 13.5 Å². The summed E-state index contributed by atoms with van der Waals surface area (Å²) in [6.45, 7) is 0.154. The molecule has 0 aliphatic heterocycles. The number of phenolic OH excluding ortho intramolecular Hbond substituents is 1. The van der Waals surface area contributed by atoms with Crippen LogP contribution in [-0.4, -0.2) is 19.3 Å². The van der Waals surface area contributed by atoms with Crippen molar-refractivity contribution in [1.29, 1.82) is 0 Å². The van der Waals surface area contributed by atoms with Crippen LogP contribution in [0.4, 0.5) is 0 Å². The van der Waals surface area contributed by atoms with Gasteiger partial charge in [-0.2, -0.15) is 0 Å². The number of para-hydroxylation sites is 1. The first-order valence-electron chi connectivity index (χ1n) is 5.31. The predicted octanol–water partition coefficient (Wildman–Crippen LogP) is 1.22. The molecule has 0 unspecified atom stereocenters. The van der Waals surface area contributed by atoms with Crippen molar-refractivity contribution in [3.8, 4) is 5.75 Å². The van der Waals surface area contributed by atoms with E-state index in [0.717, 1.165) is 12.8 Å². The molecule has 0 atom stereocenters. The molecule has 88 valence electrons. The van der Waals surface area contributed by atoms with Gasteiger partial charge in [-0.1, -0.05) is 18.2 Å². The van der Waals surface area contributed by atoms with Gasteiger partial charge in [-0.15, -0.1) is 0 Å². The zero-order valence-electron chi connectivity index (χ0n) is 8.89. The van der Waals surface area contributed by atoms with Gasteiger partial charge in [-0.3, -0.25) is 0 Å². The second-order valence-electron chi connectivity index (χ2n) is 4.17. The van der Waals surface area contributed by atoms with Crippen LogP contribution in [0, 0.1) is 5.92 Å². The van der Waals surface area contributed by atoms with Gasteiger partial charge in [0.05, 0.1) is 5.75 Å². The average Bonchev–Trinajstić information content (AvgIpc) is 3.00. The Morgan fingerprint density at radius 1 is 1.31 bits per heavy atom. The first-order chi connectivity index (χ1) is 7.57. The van der Waals surface area contributed by atoms with E-state index in [1.54, 1.807) is 24.3 Å². The van der Waals surface area contributed by atoms with E-state index in [2.05, 4.69) is 4.72 Å². The van der Waals surface area contributed by atoms with Crippen LogP contribution in [-0.2, 0) is 16.6 Å². The molecule has 1 aliphatic rings. The van der Waals surface area contributed by atoms with Gasteiger partial charge in [0, 0.05) is 12.1 Å². The van der Waals surface area contributed by atoms with Crippen molar-refractivity contribution in [2.45, 2.75) is 19.4 Å². The van der Waals surface area contributed by atoms with Crippen molar-refractivity contribution in [1.82, 2.24) is 4.72 Å². The summed E-state index contributed by atoms with van der Waals surface area (Å²) in [5.74, 6) is 0.666. The summed E-state index contributed by atoms with van der Waals surface area (Å²) >= 11 is 0. The molecule has 0 heterocycles.